The van der Waals surface area contributed by atoms with Gasteiger partial charge in [-0.15, -0.1) is 0 Å². The summed E-state index contributed by atoms with van der Waals surface area (Å²) in [4.78, 5) is 21.6. The minimum atomic E-state index is -1.68. The Labute approximate surface area is 70.0 Å². The van der Waals surface area contributed by atoms with Crippen molar-refractivity contribution in [3.05, 3.63) is 0 Å². The zero-order chi connectivity index (χ0) is 8.36. The van der Waals surface area contributed by atoms with Crippen LogP contribution in [0.2, 0.25) is 19.6 Å². The zero-order valence-corrected chi connectivity index (χ0v) is 8.02. The van der Waals surface area contributed by atoms with Crippen molar-refractivity contribution in [2.75, 3.05) is 0 Å². The van der Waals surface area contributed by atoms with E-state index in [-0.39, 0.29) is 25.0 Å². The molecule has 66 valence electrons. The van der Waals surface area contributed by atoms with Gasteiger partial charge in [0.15, 0.2) is 0 Å². The van der Waals surface area contributed by atoms with E-state index in [0.717, 1.165) is 0 Å². The molecule has 0 unspecified atom stereocenters. The van der Waals surface area contributed by atoms with Crippen molar-refractivity contribution >= 4 is 19.3 Å². The summed E-state index contributed by atoms with van der Waals surface area (Å²) in [5, 5.41) is 0.153. The van der Waals surface area contributed by atoms with Crippen LogP contribution in [0, 0.1) is 0 Å². The van der Waals surface area contributed by atoms with Crippen LogP contribution in [0.1, 0.15) is 20.8 Å². The Hall–Kier alpha value is -0.443. The van der Waals surface area contributed by atoms with E-state index < -0.39 is 8.07 Å². The second-order valence-corrected chi connectivity index (χ2v) is 8.61. The molecule has 0 amide bonds. The van der Waals surface area contributed by atoms with Crippen LogP contribution >= 0.6 is 0 Å². The van der Waals surface area contributed by atoms with Crippen molar-refractivity contribution < 1.29 is 9.59 Å². The van der Waals surface area contributed by atoms with Gasteiger partial charge < -0.3 is 4.79 Å². The fourth-order valence-electron chi connectivity index (χ4n) is 0.491. The largest absolute Gasteiger partial charge is 0.305 e. The van der Waals surface area contributed by atoms with E-state index in [9.17, 15) is 9.59 Å². The van der Waals surface area contributed by atoms with Crippen LogP contribution in [0.4, 0.5) is 0 Å². The Kier molecular flexibility index (Phi) is 5.31. The second-order valence-electron chi connectivity index (χ2n) is 3.55. The summed E-state index contributed by atoms with van der Waals surface area (Å²) in [5.41, 5.74) is 0. The molecular formula is C8H18O2Si. The first-order chi connectivity index (χ1) is 4.34. The highest BCUT2D eigenvalue weighted by Crippen LogP contribution is 2.04. The molecular weight excluding hydrogens is 156 g/mol. The smallest absolute Gasteiger partial charge is 0.136 e. The molecule has 0 radical (unpaired) electrons. The third-order valence-corrected chi connectivity index (χ3v) is 3.10. The molecule has 0 aromatic rings. The summed E-state index contributed by atoms with van der Waals surface area (Å²) in [6.07, 6.45) is 0.135. The average molecular weight is 174 g/mol. The Balaban J connectivity index is 0. The monoisotopic (exact) mass is 174 g/mol. The first-order valence-corrected chi connectivity index (χ1v) is 6.87. The molecule has 11 heavy (non-hydrogen) atoms. The number of carbonyl (C=O) groups is 2. The summed E-state index contributed by atoms with van der Waals surface area (Å²) < 4.78 is 0. The maximum Gasteiger partial charge on any atom is 0.136 e. The topological polar surface area (TPSA) is 34.1 Å². The van der Waals surface area contributed by atoms with Gasteiger partial charge >= 0.3 is 0 Å². The fraction of sp³-hybridized carbons (Fsp3) is 0.750. The number of hydrogen-bond acceptors (Lipinski definition) is 2. The van der Waals surface area contributed by atoms with Crippen LogP contribution in [-0.2, 0) is 9.59 Å². The summed E-state index contributed by atoms with van der Waals surface area (Å²) in [6.45, 7) is 7.33. The van der Waals surface area contributed by atoms with E-state index in [1.54, 1.807) is 0 Å². The van der Waals surface area contributed by atoms with E-state index >= 15 is 0 Å². The zero-order valence-electron chi connectivity index (χ0n) is 7.02. The average Bonchev–Trinajstić information content (AvgIpc) is 1.60. The normalized spacial score (nSPS) is 10.2. The van der Waals surface area contributed by atoms with E-state index in [2.05, 4.69) is 0 Å². The Bertz CT molecular complexity index is 156. The van der Waals surface area contributed by atoms with Gasteiger partial charge in [0.1, 0.15) is 19.3 Å². The number of carbonyl (C=O) groups excluding carboxylic acids is 2. The highest BCUT2D eigenvalue weighted by Gasteiger charge is 2.24. The second kappa shape index (κ2) is 4.44. The van der Waals surface area contributed by atoms with Gasteiger partial charge in [-0.2, -0.15) is 0 Å². The summed E-state index contributed by atoms with van der Waals surface area (Å²) in [6, 6.07) is 0. The number of Topliss-reactive ketones (excluding diaryl/α,β-unsaturated/α-hetero) is 1. The van der Waals surface area contributed by atoms with Gasteiger partial charge in [0.05, 0.1) is 6.42 Å². The highest BCUT2D eigenvalue weighted by molar-refractivity contribution is 7.03. The van der Waals surface area contributed by atoms with Gasteiger partial charge in [-0.25, -0.2) is 0 Å². The van der Waals surface area contributed by atoms with Gasteiger partial charge in [-0.3, -0.25) is 4.79 Å². The van der Waals surface area contributed by atoms with Crippen molar-refractivity contribution in [2.24, 2.45) is 0 Å². The molecule has 0 aromatic heterocycles. The van der Waals surface area contributed by atoms with Crippen LogP contribution in [0.25, 0.3) is 0 Å². The van der Waals surface area contributed by atoms with Crippen LogP contribution in [0.15, 0.2) is 0 Å². The van der Waals surface area contributed by atoms with Gasteiger partial charge in [-0.05, 0) is 6.92 Å². The maximum atomic E-state index is 11.1. The number of ketones is 1. The maximum absolute atomic E-state index is 11.1. The molecule has 3 heteroatoms. The summed E-state index contributed by atoms with van der Waals surface area (Å²) in [5.74, 6) is -0.0209. The third kappa shape index (κ3) is 5.98. The number of rotatable bonds is 3. The Morgan fingerprint density at radius 3 is 1.64 bits per heavy atom. The molecule has 0 spiro atoms. The molecule has 0 N–H and O–H groups in total. The molecule has 0 fully saturated rings. The lowest BCUT2D eigenvalue weighted by atomic mass is 10.3. The first-order valence-electron chi connectivity index (χ1n) is 3.37. The molecule has 0 heterocycles. The lowest BCUT2D eigenvalue weighted by Crippen LogP contribution is -2.34. The van der Waals surface area contributed by atoms with Gasteiger partial charge in [-0.1, -0.05) is 27.1 Å². The minimum absolute atomic E-state index is 0. The van der Waals surface area contributed by atoms with E-state index in [4.69, 9.17) is 0 Å². The Morgan fingerprint density at radius 2 is 1.55 bits per heavy atom. The minimum Gasteiger partial charge on any atom is -0.305 e. The van der Waals surface area contributed by atoms with Crippen LogP contribution < -0.4 is 0 Å². The quantitative estimate of drug-likeness (QED) is 0.485. The van der Waals surface area contributed by atoms with Gasteiger partial charge in [0.25, 0.3) is 0 Å². The molecule has 0 bridgehead atoms. The van der Waals surface area contributed by atoms with Crippen molar-refractivity contribution in [3.63, 3.8) is 0 Å². The molecule has 0 saturated heterocycles. The van der Waals surface area contributed by atoms with Crippen LogP contribution in [0.3, 0.4) is 0 Å². The van der Waals surface area contributed by atoms with E-state index in [1.165, 1.54) is 6.92 Å². The standard InChI is InChI=1S/C7H14O2Si.CH4/c1-6(8)5-7(9)10(2,3)4;/h5H2,1-4H3;1H4. The summed E-state index contributed by atoms with van der Waals surface area (Å²) in [7, 11) is -1.68. The van der Waals surface area contributed by atoms with Crippen LogP contribution in [-0.4, -0.2) is 19.3 Å². The fourth-order valence-corrected chi connectivity index (χ4v) is 1.27. The van der Waals surface area contributed by atoms with E-state index in [0.29, 0.717) is 0 Å². The molecule has 0 aromatic carbocycles. The van der Waals surface area contributed by atoms with E-state index in [1.807, 2.05) is 19.6 Å². The van der Waals surface area contributed by atoms with Gasteiger partial charge in [0.2, 0.25) is 0 Å². The molecule has 0 aliphatic rings. The predicted octanol–water partition coefficient (Wildman–Crippen LogP) is 2.05. The summed E-state index contributed by atoms with van der Waals surface area (Å²) >= 11 is 0. The molecule has 0 aliphatic carbocycles. The molecule has 0 rings (SSSR count). The van der Waals surface area contributed by atoms with Crippen LogP contribution in [0.5, 0.6) is 0 Å². The third-order valence-electron chi connectivity index (χ3n) is 1.25. The van der Waals surface area contributed by atoms with Crippen molar-refractivity contribution in [1.82, 2.24) is 0 Å². The molecule has 0 aliphatic heterocycles. The van der Waals surface area contributed by atoms with Crippen molar-refractivity contribution in [1.29, 1.82) is 0 Å². The molecule has 0 atom stereocenters. The predicted molar refractivity (Wildman–Crippen MR) is 50.4 cm³/mol. The SMILES string of the molecule is C.CC(=O)CC(=O)[Si](C)(C)C. The van der Waals surface area contributed by atoms with Gasteiger partial charge in [0, 0.05) is 0 Å². The first kappa shape index (κ1) is 13.2. The molecule has 0 saturated carbocycles. The lowest BCUT2D eigenvalue weighted by Gasteiger charge is -2.11. The lowest BCUT2D eigenvalue weighted by molar-refractivity contribution is -0.122. The van der Waals surface area contributed by atoms with Crippen molar-refractivity contribution in [3.8, 4) is 0 Å². The molecule has 2 nitrogen and oxygen atoms in total. The Morgan fingerprint density at radius 1 is 1.18 bits per heavy atom. The highest BCUT2D eigenvalue weighted by atomic mass is 28.3. The van der Waals surface area contributed by atoms with Crippen molar-refractivity contribution in [2.45, 2.75) is 40.4 Å². The number of hydrogen-bond donors (Lipinski definition) is 0.